The molecule has 3 N–H and O–H groups in total. The van der Waals surface area contributed by atoms with Crippen molar-refractivity contribution < 1.29 is 14.5 Å². The Morgan fingerprint density at radius 3 is 2.55 bits per heavy atom. The van der Waals surface area contributed by atoms with Crippen molar-refractivity contribution in [1.82, 2.24) is 0 Å². The van der Waals surface area contributed by atoms with Gasteiger partial charge >= 0.3 is 5.97 Å². The first-order valence-electron chi connectivity index (χ1n) is 7.65. The molecule has 0 saturated carbocycles. The van der Waals surface area contributed by atoms with Crippen LogP contribution in [0, 0.1) is 12.8 Å². The number of carbonyl (C=O) groups is 1. The van der Waals surface area contributed by atoms with Gasteiger partial charge in [0.1, 0.15) is 5.92 Å². The van der Waals surface area contributed by atoms with Crippen molar-refractivity contribution in [2.24, 2.45) is 11.7 Å². The van der Waals surface area contributed by atoms with E-state index in [1.54, 1.807) is 0 Å². The molecule has 0 saturated heterocycles. The first kappa shape index (κ1) is 16.3. The fraction of sp³-hybridized carbons (Fsp3) is 0.444. The molecule has 1 heterocycles. The van der Waals surface area contributed by atoms with Crippen LogP contribution < -0.4 is 10.7 Å². The summed E-state index contributed by atoms with van der Waals surface area (Å²) < 4.78 is 5.45. The molecule has 2 rings (SSSR count). The van der Waals surface area contributed by atoms with E-state index in [0.717, 1.165) is 22.5 Å². The molecule has 0 spiro atoms. The maximum absolute atomic E-state index is 12.6. The Morgan fingerprint density at radius 2 is 1.95 bits per heavy atom. The first-order chi connectivity index (χ1) is 10.3. The van der Waals surface area contributed by atoms with Crippen LogP contribution in [0.2, 0.25) is 0 Å². The molecule has 0 fully saturated rings. The molecule has 1 aromatic carbocycles. The van der Waals surface area contributed by atoms with Crippen LogP contribution in [-0.2, 0) is 9.53 Å². The van der Waals surface area contributed by atoms with Gasteiger partial charge in [-0.25, -0.2) is 4.99 Å². The number of rotatable bonds is 3. The standard InChI is InChI=1S/C18H24N2O2/c1-10(2)22-18(21)15-12(4)20-13(5)17(19)16(15)14-8-6-7-11(3)9-14/h6-10,15-16H,19H2,1-5H3/p+1. The van der Waals surface area contributed by atoms with Gasteiger partial charge in [0.05, 0.1) is 17.7 Å². The molecule has 0 aromatic heterocycles. The highest BCUT2D eigenvalue weighted by Crippen LogP contribution is 2.33. The topological polar surface area (TPSA) is 66.3 Å². The molecule has 1 aromatic rings. The van der Waals surface area contributed by atoms with Crippen molar-refractivity contribution in [1.29, 1.82) is 0 Å². The van der Waals surface area contributed by atoms with Crippen LogP contribution in [0.1, 0.15) is 44.7 Å². The summed E-state index contributed by atoms with van der Waals surface area (Å²) in [5, 5.41) is 0. The van der Waals surface area contributed by atoms with E-state index < -0.39 is 5.92 Å². The number of hydrogen-bond acceptors (Lipinski definition) is 3. The quantitative estimate of drug-likeness (QED) is 0.829. The Labute approximate surface area is 132 Å². The van der Waals surface area contributed by atoms with Gasteiger partial charge in [0, 0.05) is 13.8 Å². The summed E-state index contributed by atoms with van der Waals surface area (Å²) in [6.45, 7) is 9.61. The van der Waals surface area contributed by atoms with Crippen molar-refractivity contribution in [3.63, 3.8) is 0 Å². The van der Waals surface area contributed by atoms with E-state index in [1.165, 1.54) is 0 Å². The first-order valence-corrected chi connectivity index (χ1v) is 7.65. The van der Waals surface area contributed by atoms with E-state index in [-0.39, 0.29) is 18.0 Å². The van der Waals surface area contributed by atoms with Gasteiger partial charge in [-0.05, 0) is 26.3 Å². The minimum absolute atomic E-state index is 0.147. The molecule has 2 unspecified atom stereocenters. The largest absolute Gasteiger partial charge is 0.462 e. The smallest absolute Gasteiger partial charge is 0.320 e. The summed E-state index contributed by atoms with van der Waals surface area (Å²) in [4.78, 5) is 15.8. The zero-order valence-electron chi connectivity index (χ0n) is 13.9. The Balaban J connectivity index is 2.49. The van der Waals surface area contributed by atoms with Gasteiger partial charge in [0.25, 0.3) is 0 Å². The van der Waals surface area contributed by atoms with Crippen molar-refractivity contribution in [2.45, 2.75) is 46.6 Å². The van der Waals surface area contributed by atoms with E-state index >= 15 is 0 Å². The molecule has 1 aliphatic rings. The van der Waals surface area contributed by atoms with Gasteiger partial charge in [0.15, 0.2) is 11.4 Å². The predicted octanol–water partition coefficient (Wildman–Crippen LogP) is 1.39. The van der Waals surface area contributed by atoms with Gasteiger partial charge in [-0.2, -0.15) is 0 Å². The lowest BCUT2D eigenvalue weighted by Crippen LogP contribution is -2.75. The van der Waals surface area contributed by atoms with Crippen LogP contribution in [0.5, 0.6) is 0 Å². The maximum Gasteiger partial charge on any atom is 0.320 e. The monoisotopic (exact) mass is 301 g/mol. The van der Waals surface area contributed by atoms with Crippen LogP contribution in [-0.4, -0.2) is 17.8 Å². The summed E-state index contributed by atoms with van der Waals surface area (Å²) in [5.41, 5.74) is 11.0. The van der Waals surface area contributed by atoms with Gasteiger partial charge < -0.3 is 10.5 Å². The molecule has 0 amide bonds. The van der Waals surface area contributed by atoms with Crippen molar-refractivity contribution in [3.8, 4) is 0 Å². The van der Waals surface area contributed by atoms with E-state index in [1.807, 2.05) is 52.8 Å². The summed E-state index contributed by atoms with van der Waals surface area (Å²) in [6, 6.07) is 8.13. The van der Waals surface area contributed by atoms with Crippen LogP contribution >= 0.6 is 0 Å². The second-order valence-electron chi connectivity index (χ2n) is 6.24. The van der Waals surface area contributed by atoms with E-state index in [2.05, 4.69) is 11.1 Å². The number of esters is 1. The SMILES string of the molecule is CC1=[NH+]C(C)=C(N)C(c2cccc(C)c2)C1C(=O)OC(C)C. The lowest BCUT2D eigenvalue weighted by Gasteiger charge is -2.28. The number of aryl methyl sites for hydroxylation is 1. The third-order valence-electron chi connectivity index (χ3n) is 3.96. The highest BCUT2D eigenvalue weighted by molar-refractivity contribution is 6.00. The van der Waals surface area contributed by atoms with Gasteiger partial charge in [-0.1, -0.05) is 29.8 Å². The average Bonchev–Trinajstić information content (AvgIpc) is 2.41. The number of allylic oxidation sites excluding steroid dienone is 2. The molecule has 4 heteroatoms. The zero-order valence-corrected chi connectivity index (χ0v) is 13.9. The van der Waals surface area contributed by atoms with E-state index in [4.69, 9.17) is 10.5 Å². The number of nitrogens with two attached hydrogens (primary N) is 1. The summed E-state index contributed by atoms with van der Waals surface area (Å²) in [7, 11) is 0. The third kappa shape index (κ3) is 3.21. The molecule has 22 heavy (non-hydrogen) atoms. The zero-order chi connectivity index (χ0) is 16.4. The van der Waals surface area contributed by atoms with Crippen LogP contribution in [0.25, 0.3) is 0 Å². The second kappa shape index (κ2) is 6.34. The summed E-state index contributed by atoms with van der Waals surface area (Å²) in [5.74, 6) is -0.831. The van der Waals surface area contributed by atoms with Crippen LogP contribution in [0.15, 0.2) is 35.7 Å². The summed E-state index contributed by atoms with van der Waals surface area (Å²) in [6.07, 6.45) is -0.147. The minimum atomic E-state index is -0.409. The normalized spacial score (nSPS) is 21.8. The highest BCUT2D eigenvalue weighted by atomic mass is 16.5. The minimum Gasteiger partial charge on any atom is -0.462 e. The Morgan fingerprint density at radius 1 is 1.27 bits per heavy atom. The Hall–Kier alpha value is -2.10. The number of carbonyl (C=O) groups excluding carboxylic acids is 1. The molecular weight excluding hydrogens is 276 g/mol. The fourth-order valence-electron chi connectivity index (χ4n) is 2.96. The number of hydrogen-bond donors (Lipinski definition) is 2. The molecule has 0 bridgehead atoms. The van der Waals surface area contributed by atoms with E-state index in [9.17, 15) is 4.79 Å². The predicted molar refractivity (Wildman–Crippen MR) is 87.2 cm³/mol. The Bertz CT molecular complexity index is 644. The molecule has 0 radical (unpaired) electrons. The molecular formula is C18H25N2O2+. The van der Waals surface area contributed by atoms with Crippen LogP contribution in [0.3, 0.4) is 0 Å². The van der Waals surface area contributed by atoms with E-state index in [0.29, 0.717) is 5.70 Å². The second-order valence-corrected chi connectivity index (χ2v) is 6.24. The maximum atomic E-state index is 12.6. The van der Waals surface area contributed by atoms with Crippen molar-refractivity contribution in [3.05, 3.63) is 46.8 Å². The third-order valence-corrected chi connectivity index (χ3v) is 3.96. The average molecular weight is 301 g/mol. The molecule has 1 aliphatic heterocycles. The number of ether oxygens (including phenoxy) is 1. The number of nitrogens with one attached hydrogen (secondary N) is 1. The van der Waals surface area contributed by atoms with Gasteiger partial charge in [0.2, 0.25) is 0 Å². The van der Waals surface area contributed by atoms with Crippen molar-refractivity contribution in [2.75, 3.05) is 0 Å². The summed E-state index contributed by atoms with van der Waals surface area (Å²) >= 11 is 0. The van der Waals surface area contributed by atoms with Gasteiger partial charge in [-0.3, -0.25) is 4.79 Å². The van der Waals surface area contributed by atoms with Gasteiger partial charge in [-0.15, -0.1) is 0 Å². The number of benzene rings is 1. The van der Waals surface area contributed by atoms with Crippen molar-refractivity contribution >= 4 is 11.7 Å². The Kier molecular flexibility index (Phi) is 4.69. The molecule has 0 aliphatic carbocycles. The lowest BCUT2D eigenvalue weighted by atomic mass is 9.78. The highest BCUT2D eigenvalue weighted by Gasteiger charge is 2.42. The molecule has 118 valence electrons. The lowest BCUT2D eigenvalue weighted by molar-refractivity contribution is -0.405. The molecule has 4 nitrogen and oxygen atoms in total. The molecule has 2 atom stereocenters. The fourth-order valence-corrected chi connectivity index (χ4v) is 2.96. The van der Waals surface area contributed by atoms with Crippen LogP contribution in [0.4, 0.5) is 0 Å².